The van der Waals surface area contributed by atoms with Crippen LogP contribution in [0.3, 0.4) is 0 Å². The molecule has 1 atom stereocenters. The number of benzene rings is 1. The van der Waals surface area contributed by atoms with Crippen LogP contribution in [0.15, 0.2) is 24.3 Å². The molecule has 2 nitrogen and oxygen atoms in total. The molecule has 0 radical (unpaired) electrons. The van der Waals surface area contributed by atoms with Crippen LogP contribution in [0.25, 0.3) is 0 Å². The molecule has 0 aliphatic carbocycles. The van der Waals surface area contributed by atoms with Crippen LogP contribution >= 0.6 is 11.6 Å². The summed E-state index contributed by atoms with van der Waals surface area (Å²) in [5, 5.41) is 4.36. The van der Waals surface area contributed by atoms with Crippen LogP contribution in [0, 0.1) is 0 Å². The van der Waals surface area contributed by atoms with E-state index in [0.29, 0.717) is 6.04 Å². The first-order valence-corrected chi connectivity index (χ1v) is 6.60. The summed E-state index contributed by atoms with van der Waals surface area (Å²) in [6.45, 7) is 9.12. The van der Waals surface area contributed by atoms with Gasteiger partial charge in [0.25, 0.3) is 0 Å². The predicted molar refractivity (Wildman–Crippen MR) is 74.8 cm³/mol. The molecule has 0 aromatic heterocycles. The maximum absolute atomic E-state index is 5.88. The van der Waals surface area contributed by atoms with Gasteiger partial charge in [-0.15, -0.1) is 0 Å². The zero-order valence-electron chi connectivity index (χ0n) is 10.8. The lowest BCUT2D eigenvalue weighted by atomic mass is 10.1. The van der Waals surface area contributed by atoms with Gasteiger partial charge in [-0.25, -0.2) is 0 Å². The fourth-order valence-electron chi connectivity index (χ4n) is 2.27. The van der Waals surface area contributed by atoms with Gasteiger partial charge in [0.05, 0.1) is 0 Å². The fourth-order valence-corrected chi connectivity index (χ4v) is 2.40. The number of likely N-dealkylation sites (tertiary alicyclic amines) is 1. The van der Waals surface area contributed by atoms with Crippen molar-refractivity contribution in [1.29, 1.82) is 0 Å². The molecule has 94 valence electrons. The highest BCUT2D eigenvalue weighted by atomic mass is 35.5. The van der Waals surface area contributed by atoms with Crippen LogP contribution in [0.4, 0.5) is 5.69 Å². The van der Waals surface area contributed by atoms with E-state index < -0.39 is 0 Å². The van der Waals surface area contributed by atoms with E-state index in [9.17, 15) is 0 Å². The van der Waals surface area contributed by atoms with Crippen LogP contribution in [-0.4, -0.2) is 29.6 Å². The minimum Gasteiger partial charge on any atom is -0.381 e. The normalized spacial score (nSPS) is 21.8. The van der Waals surface area contributed by atoms with Crippen molar-refractivity contribution in [3.05, 3.63) is 29.3 Å². The lowest BCUT2D eigenvalue weighted by Crippen LogP contribution is -2.40. The Morgan fingerprint density at radius 1 is 1.24 bits per heavy atom. The highest BCUT2D eigenvalue weighted by molar-refractivity contribution is 6.30. The summed E-state index contributed by atoms with van der Waals surface area (Å²) in [5.74, 6) is 0. The van der Waals surface area contributed by atoms with Crippen LogP contribution in [0.2, 0.25) is 5.02 Å². The molecule has 17 heavy (non-hydrogen) atoms. The molecule has 0 amide bonds. The van der Waals surface area contributed by atoms with E-state index in [1.54, 1.807) is 0 Å². The second kappa shape index (κ2) is 4.87. The van der Waals surface area contributed by atoms with E-state index in [0.717, 1.165) is 17.3 Å². The Morgan fingerprint density at radius 2 is 1.88 bits per heavy atom. The molecule has 1 aromatic rings. The van der Waals surface area contributed by atoms with Crippen molar-refractivity contribution < 1.29 is 0 Å². The molecule has 2 rings (SSSR count). The Kier molecular flexibility index (Phi) is 3.64. The molecule has 0 spiro atoms. The van der Waals surface area contributed by atoms with E-state index in [4.69, 9.17) is 11.6 Å². The second-order valence-corrected chi connectivity index (χ2v) is 6.19. The summed E-state index contributed by atoms with van der Waals surface area (Å²) in [6.07, 6.45) is 1.21. The van der Waals surface area contributed by atoms with Gasteiger partial charge in [-0.1, -0.05) is 11.6 Å². The molecule has 1 aliphatic rings. The molecule has 1 aliphatic heterocycles. The summed E-state index contributed by atoms with van der Waals surface area (Å²) in [5.41, 5.74) is 1.44. The summed E-state index contributed by atoms with van der Waals surface area (Å²) in [6, 6.07) is 8.50. The summed E-state index contributed by atoms with van der Waals surface area (Å²) < 4.78 is 0. The number of halogens is 1. The van der Waals surface area contributed by atoms with Crippen molar-refractivity contribution in [3.63, 3.8) is 0 Å². The SMILES string of the molecule is CC(C)(C)N1CCC(Nc2ccc(Cl)cc2)C1. The number of anilines is 1. The summed E-state index contributed by atoms with van der Waals surface area (Å²) >= 11 is 5.88. The number of nitrogens with one attached hydrogen (secondary N) is 1. The standard InChI is InChI=1S/C14H21ClN2/c1-14(2,3)17-9-8-13(10-17)16-12-6-4-11(15)5-7-12/h4-7,13,16H,8-10H2,1-3H3. The lowest BCUT2D eigenvalue weighted by molar-refractivity contribution is 0.174. The van der Waals surface area contributed by atoms with E-state index in [1.807, 2.05) is 24.3 Å². The summed E-state index contributed by atoms with van der Waals surface area (Å²) in [7, 11) is 0. The maximum atomic E-state index is 5.88. The molecular formula is C14H21ClN2. The van der Waals surface area contributed by atoms with Crippen molar-refractivity contribution in [3.8, 4) is 0 Å². The van der Waals surface area contributed by atoms with Crippen molar-refractivity contribution >= 4 is 17.3 Å². The Morgan fingerprint density at radius 3 is 2.41 bits per heavy atom. The van der Waals surface area contributed by atoms with E-state index in [1.165, 1.54) is 13.0 Å². The Bertz CT molecular complexity index is 367. The van der Waals surface area contributed by atoms with Crippen molar-refractivity contribution in [2.24, 2.45) is 0 Å². The number of nitrogens with zero attached hydrogens (tertiary/aromatic N) is 1. The van der Waals surface area contributed by atoms with Gasteiger partial charge in [0.15, 0.2) is 0 Å². The van der Waals surface area contributed by atoms with Crippen LogP contribution < -0.4 is 5.32 Å². The third kappa shape index (κ3) is 3.36. The third-order valence-corrected chi connectivity index (χ3v) is 3.60. The molecule has 1 unspecified atom stereocenters. The van der Waals surface area contributed by atoms with E-state index >= 15 is 0 Å². The van der Waals surface area contributed by atoms with Crippen LogP contribution in [0.1, 0.15) is 27.2 Å². The zero-order chi connectivity index (χ0) is 12.5. The highest BCUT2D eigenvalue weighted by Gasteiger charge is 2.29. The molecule has 1 N–H and O–H groups in total. The topological polar surface area (TPSA) is 15.3 Å². The first kappa shape index (κ1) is 12.7. The third-order valence-electron chi connectivity index (χ3n) is 3.35. The quantitative estimate of drug-likeness (QED) is 0.865. The molecule has 1 saturated heterocycles. The van der Waals surface area contributed by atoms with Gasteiger partial charge in [0, 0.05) is 35.4 Å². The van der Waals surface area contributed by atoms with Crippen LogP contribution in [0.5, 0.6) is 0 Å². The van der Waals surface area contributed by atoms with E-state index in [-0.39, 0.29) is 5.54 Å². The largest absolute Gasteiger partial charge is 0.381 e. The average Bonchev–Trinajstić information content (AvgIpc) is 2.69. The maximum Gasteiger partial charge on any atom is 0.0407 e. The van der Waals surface area contributed by atoms with Crippen LogP contribution in [-0.2, 0) is 0 Å². The molecule has 0 saturated carbocycles. The summed E-state index contributed by atoms with van der Waals surface area (Å²) in [4.78, 5) is 2.53. The fraction of sp³-hybridized carbons (Fsp3) is 0.571. The smallest absolute Gasteiger partial charge is 0.0407 e. The van der Waals surface area contributed by atoms with Crippen molar-refractivity contribution in [2.75, 3.05) is 18.4 Å². The molecule has 1 heterocycles. The van der Waals surface area contributed by atoms with Gasteiger partial charge in [-0.05, 0) is 51.5 Å². The van der Waals surface area contributed by atoms with Gasteiger partial charge >= 0.3 is 0 Å². The van der Waals surface area contributed by atoms with Crippen molar-refractivity contribution in [2.45, 2.75) is 38.8 Å². The molecule has 0 bridgehead atoms. The molecular weight excluding hydrogens is 232 g/mol. The lowest BCUT2D eigenvalue weighted by Gasteiger charge is -2.31. The molecule has 1 fully saturated rings. The Hall–Kier alpha value is -0.730. The van der Waals surface area contributed by atoms with Gasteiger partial charge in [-0.3, -0.25) is 4.90 Å². The average molecular weight is 253 g/mol. The number of rotatable bonds is 2. The zero-order valence-corrected chi connectivity index (χ0v) is 11.6. The van der Waals surface area contributed by atoms with Crippen molar-refractivity contribution in [1.82, 2.24) is 4.90 Å². The van der Waals surface area contributed by atoms with E-state index in [2.05, 4.69) is 31.0 Å². The first-order valence-electron chi connectivity index (χ1n) is 6.22. The van der Waals surface area contributed by atoms with Gasteiger partial charge in [-0.2, -0.15) is 0 Å². The minimum absolute atomic E-state index is 0.274. The Balaban J connectivity index is 1.92. The minimum atomic E-state index is 0.274. The highest BCUT2D eigenvalue weighted by Crippen LogP contribution is 2.23. The monoisotopic (exact) mass is 252 g/mol. The number of hydrogen-bond acceptors (Lipinski definition) is 2. The molecule has 3 heteroatoms. The van der Waals surface area contributed by atoms with Gasteiger partial charge in [0.1, 0.15) is 0 Å². The second-order valence-electron chi connectivity index (χ2n) is 5.75. The predicted octanol–water partition coefficient (Wildman–Crippen LogP) is 3.62. The first-order chi connectivity index (χ1) is 7.95. The van der Waals surface area contributed by atoms with Gasteiger partial charge in [0.2, 0.25) is 0 Å². The Labute approximate surface area is 109 Å². The van der Waals surface area contributed by atoms with Gasteiger partial charge < -0.3 is 5.32 Å². The number of hydrogen-bond donors (Lipinski definition) is 1. The molecule has 1 aromatic carbocycles.